The van der Waals surface area contributed by atoms with E-state index in [-0.39, 0.29) is 24.1 Å². The Morgan fingerprint density at radius 3 is 1.09 bits per heavy atom. The van der Waals surface area contributed by atoms with Crippen molar-refractivity contribution in [2.45, 2.75) is 156 Å². The lowest BCUT2D eigenvalue weighted by Crippen LogP contribution is -2.58. The molecule has 0 heterocycles. The fourth-order valence-corrected chi connectivity index (χ4v) is 6.28. The summed E-state index contributed by atoms with van der Waals surface area (Å²) in [5, 5.41) is 29.5. The first kappa shape index (κ1) is 41.1. The summed E-state index contributed by atoms with van der Waals surface area (Å²) in [6.45, 7) is 9.23. The number of unbranched alkanes of at least 4 members (excludes halogenated alkanes) is 15. The van der Waals surface area contributed by atoms with Gasteiger partial charge in [-0.15, -0.1) is 0 Å². The molecule has 43 heavy (non-hydrogen) atoms. The van der Waals surface area contributed by atoms with E-state index in [1.807, 2.05) is 20.8 Å². The third-order valence-corrected chi connectivity index (χ3v) is 9.22. The lowest BCUT2D eigenvalue weighted by molar-refractivity contribution is -0.935. The largest absolute Gasteiger partial charge is 0.481 e. The van der Waals surface area contributed by atoms with E-state index in [1.54, 1.807) is 0 Å². The Kier molecular flexibility index (Phi) is 25.3. The molecular weight excluding hydrogens is 542 g/mol. The summed E-state index contributed by atoms with van der Waals surface area (Å²) in [6.07, 6.45) is 27.1. The SMILES string of the molecule is CCC/C=C/CCCCCCCCCCCCCCCC[N+](CC(CC)C(=O)O)(CC(CC)C(=O)O)CC(CC)C(=O)O. The molecule has 3 unspecified atom stereocenters. The number of quaternary nitrogens is 1. The molecule has 0 saturated carbocycles. The fraction of sp³-hybridized carbons (Fsp3) is 0.861. The van der Waals surface area contributed by atoms with Crippen molar-refractivity contribution in [2.75, 3.05) is 26.2 Å². The average Bonchev–Trinajstić information content (AvgIpc) is 2.98. The lowest BCUT2D eigenvalue weighted by Gasteiger charge is -2.43. The molecule has 0 aliphatic carbocycles. The number of allylic oxidation sites excluding steroid dienone is 2. The highest BCUT2D eigenvalue weighted by atomic mass is 16.4. The van der Waals surface area contributed by atoms with Gasteiger partial charge < -0.3 is 19.8 Å². The zero-order valence-electron chi connectivity index (χ0n) is 28.4. The van der Waals surface area contributed by atoms with Gasteiger partial charge in [0.05, 0.1) is 26.2 Å². The maximum atomic E-state index is 12.0. The van der Waals surface area contributed by atoms with Gasteiger partial charge in [-0.2, -0.15) is 0 Å². The molecule has 252 valence electrons. The number of carboxylic acid groups (broad SMARTS) is 3. The van der Waals surface area contributed by atoms with Gasteiger partial charge in [0.2, 0.25) is 0 Å². The Hall–Kier alpha value is -1.89. The maximum Gasteiger partial charge on any atom is 0.312 e. The normalized spacial score (nSPS) is 15.3. The smallest absolute Gasteiger partial charge is 0.312 e. The van der Waals surface area contributed by atoms with E-state index in [0.717, 1.165) is 19.3 Å². The monoisotopic (exact) mass is 611 g/mol. The van der Waals surface area contributed by atoms with Gasteiger partial charge >= 0.3 is 17.9 Å². The molecule has 3 atom stereocenters. The third kappa shape index (κ3) is 20.7. The summed E-state index contributed by atoms with van der Waals surface area (Å²) < 4.78 is 0.260. The second-order valence-electron chi connectivity index (χ2n) is 12.9. The highest BCUT2D eigenvalue weighted by Gasteiger charge is 2.40. The summed E-state index contributed by atoms with van der Waals surface area (Å²) in [7, 11) is 0. The van der Waals surface area contributed by atoms with E-state index < -0.39 is 35.7 Å². The Morgan fingerprint density at radius 2 is 0.791 bits per heavy atom. The molecule has 0 saturated heterocycles. The predicted molar refractivity (Wildman–Crippen MR) is 177 cm³/mol. The Morgan fingerprint density at radius 1 is 0.488 bits per heavy atom. The molecule has 0 aromatic rings. The van der Waals surface area contributed by atoms with Crippen molar-refractivity contribution in [3.8, 4) is 0 Å². The van der Waals surface area contributed by atoms with Gasteiger partial charge in [-0.05, 0) is 51.4 Å². The van der Waals surface area contributed by atoms with Gasteiger partial charge in [0.25, 0.3) is 0 Å². The molecule has 0 bridgehead atoms. The van der Waals surface area contributed by atoms with Crippen molar-refractivity contribution in [3.05, 3.63) is 12.2 Å². The van der Waals surface area contributed by atoms with Crippen LogP contribution in [-0.4, -0.2) is 63.9 Å². The van der Waals surface area contributed by atoms with Crippen molar-refractivity contribution >= 4 is 17.9 Å². The van der Waals surface area contributed by atoms with Gasteiger partial charge in [-0.25, -0.2) is 0 Å². The number of carboxylic acids is 3. The van der Waals surface area contributed by atoms with E-state index in [1.165, 1.54) is 89.9 Å². The second kappa shape index (κ2) is 26.5. The first-order chi connectivity index (χ1) is 20.7. The van der Waals surface area contributed by atoms with Crippen molar-refractivity contribution < 1.29 is 34.2 Å². The summed E-state index contributed by atoms with van der Waals surface area (Å²) in [6, 6.07) is 0. The van der Waals surface area contributed by atoms with Crippen molar-refractivity contribution in [1.82, 2.24) is 0 Å². The molecule has 3 N–H and O–H groups in total. The fourth-order valence-electron chi connectivity index (χ4n) is 6.28. The lowest BCUT2D eigenvalue weighted by atomic mass is 9.95. The molecule has 0 radical (unpaired) electrons. The highest BCUT2D eigenvalue weighted by molar-refractivity contribution is 5.71. The summed E-state index contributed by atoms with van der Waals surface area (Å²) in [5.74, 6) is -4.51. The molecule has 0 fully saturated rings. The minimum atomic E-state index is -0.887. The molecule has 0 amide bonds. The highest BCUT2D eigenvalue weighted by Crippen LogP contribution is 2.25. The van der Waals surface area contributed by atoms with Crippen LogP contribution in [-0.2, 0) is 14.4 Å². The maximum absolute atomic E-state index is 12.0. The van der Waals surface area contributed by atoms with E-state index in [2.05, 4.69) is 19.1 Å². The van der Waals surface area contributed by atoms with Crippen LogP contribution in [0.3, 0.4) is 0 Å². The van der Waals surface area contributed by atoms with Crippen molar-refractivity contribution in [3.63, 3.8) is 0 Å². The molecule has 0 aliphatic rings. The van der Waals surface area contributed by atoms with Crippen LogP contribution in [0.1, 0.15) is 156 Å². The Labute approximate surface area is 264 Å². The van der Waals surface area contributed by atoms with Gasteiger partial charge in [0.1, 0.15) is 17.8 Å². The number of aliphatic carboxylic acids is 3. The van der Waals surface area contributed by atoms with Crippen LogP contribution in [0.25, 0.3) is 0 Å². The van der Waals surface area contributed by atoms with Crippen LogP contribution in [0.4, 0.5) is 0 Å². The minimum Gasteiger partial charge on any atom is -0.481 e. The topological polar surface area (TPSA) is 112 Å². The molecule has 0 aromatic heterocycles. The summed E-state index contributed by atoms with van der Waals surface area (Å²) >= 11 is 0. The van der Waals surface area contributed by atoms with E-state index in [4.69, 9.17) is 0 Å². The Balaban J connectivity index is 4.60. The van der Waals surface area contributed by atoms with Crippen molar-refractivity contribution in [2.24, 2.45) is 17.8 Å². The van der Waals surface area contributed by atoms with Crippen LogP contribution in [0.2, 0.25) is 0 Å². The number of hydrogen-bond donors (Lipinski definition) is 3. The molecule has 0 rings (SSSR count). The molecule has 7 heteroatoms. The zero-order valence-corrected chi connectivity index (χ0v) is 28.4. The number of carbonyl (C=O) groups is 3. The van der Waals surface area contributed by atoms with Gasteiger partial charge in [-0.3, -0.25) is 14.4 Å². The third-order valence-electron chi connectivity index (χ3n) is 9.22. The summed E-state index contributed by atoms with van der Waals surface area (Å²) in [5.41, 5.74) is 0. The summed E-state index contributed by atoms with van der Waals surface area (Å²) in [4.78, 5) is 36.0. The molecule has 0 spiro atoms. The predicted octanol–water partition coefficient (Wildman–Crippen LogP) is 9.34. The first-order valence-electron chi connectivity index (χ1n) is 17.8. The quantitative estimate of drug-likeness (QED) is 0.0410. The van der Waals surface area contributed by atoms with Crippen LogP contribution < -0.4 is 0 Å². The second-order valence-corrected chi connectivity index (χ2v) is 12.9. The van der Waals surface area contributed by atoms with Crippen molar-refractivity contribution in [1.29, 1.82) is 0 Å². The van der Waals surface area contributed by atoms with E-state index in [9.17, 15) is 29.7 Å². The molecule has 0 aliphatic heterocycles. The number of nitrogens with zero attached hydrogens (tertiary/aromatic N) is 1. The van der Waals surface area contributed by atoms with Crippen LogP contribution in [0, 0.1) is 17.8 Å². The first-order valence-corrected chi connectivity index (χ1v) is 17.8. The van der Waals surface area contributed by atoms with Crippen LogP contribution >= 0.6 is 0 Å². The molecule has 7 nitrogen and oxygen atoms in total. The minimum absolute atomic E-state index is 0.260. The number of rotatable bonds is 31. The van der Waals surface area contributed by atoms with E-state index in [0.29, 0.717) is 25.8 Å². The molecule has 0 aromatic carbocycles. The molecular formula is C36H68NO6+. The van der Waals surface area contributed by atoms with E-state index >= 15 is 0 Å². The average molecular weight is 611 g/mol. The van der Waals surface area contributed by atoms with Gasteiger partial charge in [-0.1, -0.05) is 117 Å². The van der Waals surface area contributed by atoms with Crippen LogP contribution in [0.15, 0.2) is 12.2 Å². The van der Waals surface area contributed by atoms with Gasteiger partial charge in [0.15, 0.2) is 0 Å². The number of hydrogen-bond acceptors (Lipinski definition) is 3. The zero-order chi connectivity index (χ0) is 32.3. The van der Waals surface area contributed by atoms with Crippen LogP contribution in [0.5, 0.6) is 0 Å². The standard InChI is InChI=1S/C36H67NO6/c1-5-9-10-11-12-13-14-15-16-17-18-19-20-21-22-23-24-25-26-27-37(28-31(6-2)34(38)39,29-32(7-3)35(40)41)30-33(8-4)36(42)43/h10-11,31-33H,5-9,12-30H2,1-4H3,(H2-,38,39,40,41,42,43)/p+1/b11-10+. The van der Waals surface area contributed by atoms with Gasteiger partial charge in [0, 0.05) is 0 Å². The Bertz CT molecular complexity index is 692.